The monoisotopic (exact) mass is 499 g/mol. The number of aromatic nitrogens is 1. The van der Waals surface area contributed by atoms with Crippen LogP contribution in [0.15, 0.2) is 67.0 Å². The van der Waals surface area contributed by atoms with Crippen LogP contribution in [0.3, 0.4) is 0 Å². The van der Waals surface area contributed by atoms with E-state index in [-0.39, 0.29) is 23.8 Å². The number of rotatable bonds is 9. The van der Waals surface area contributed by atoms with Gasteiger partial charge >= 0.3 is 0 Å². The highest BCUT2D eigenvalue weighted by atomic mass is 16.5. The predicted octanol–water partition coefficient (Wildman–Crippen LogP) is 5.38. The first-order valence-electron chi connectivity index (χ1n) is 13.2. The lowest BCUT2D eigenvalue weighted by atomic mass is 9.87. The van der Waals surface area contributed by atoms with Crippen LogP contribution in [-0.4, -0.2) is 34.3 Å². The molecule has 2 amide bonds. The summed E-state index contributed by atoms with van der Waals surface area (Å²) in [6.07, 6.45) is 4.68. The average Bonchev–Trinajstić information content (AvgIpc) is 2.90. The van der Waals surface area contributed by atoms with Crippen LogP contribution in [0.1, 0.15) is 67.5 Å². The number of carbonyl (C=O) groups excluding carboxylic acids is 2. The van der Waals surface area contributed by atoms with Gasteiger partial charge in [-0.25, -0.2) is 0 Å². The molecule has 0 saturated carbocycles. The Morgan fingerprint density at radius 3 is 2.59 bits per heavy atom. The molecule has 1 N–H and O–H groups in total. The minimum Gasteiger partial charge on any atom is -0.481 e. The van der Waals surface area contributed by atoms with E-state index in [1.807, 2.05) is 36.1 Å². The molecular weight excluding hydrogens is 462 g/mol. The number of aryl methyl sites for hydroxylation is 1. The second kappa shape index (κ2) is 12.0. The Bertz CT molecular complexity index is 1210. The van der Waals surface area contributed by atoms with E-state index in [9.17, 15) is 9.59 Å². The Labute approximate surface area is 220 Å². The molecule has 2 unspecified atom stereocenters. The van der Waals surface area contributed by atoms with Crippen LogP contribution in [0, 0.1) is 12.8 Å². The first-order chi connectivity index (χ1) is 17.9. The van der Waals surface area contributed by atoms with Gasteiger partial charge < -0.3 is 15.0 Å². The number of hydrogen-bond donors (Lipinski definition) is 1. The number of nitrogens with one attached hydrogen (secondary N) is 1. The second-order valence-electron chi connectivity index (χ2n) is 10.2. The van der Waals surface area contributed by atoms with Crippen molar-refractivity contribution in [1.82, 2.24) is 15.2 Å². The van der Waals surface area contributed by atoms with E-state index in [1.54, 1.807) is 12.4 Å². The Hall–Kier alpha value is -3.67. The summed E-state index contributed by atoms with van der Waals surface area (Å²) in [7, 11) is 0. The van der Waals surface area contributed by atoms with Crippen LogP contribution in [0.2, 0.25) is 0 Å². The van der Waals surface area contributed by atoms with Crippen molar-refractivity contribution in [2.24, 2.45) is 5.92 Å². The average molecular weight is 500 g/mol. The standard InChI is InChI=1S/C31H37N3O3/c1-5-28(31(36)33-20-23-7-6-15-32-19-23)37-26-13-12-24-14-16-34(29(35)17-21(2)3)30(27(24)18-26)25-10-8-22(4)9-11-25/h6-13,15,18-19,21,28,30H,5,14,16-17,20H2,1-4H3,(H,33,36). The molecule has 1 aliphatic rings. The quantitative estimate of drug-likeness (QED) is 0.429. The number of benzene rings is 2. The molecule has 0 saturated heterocycles. The topological polar surface area (TPSA) is 71.5 Å². The lowest BCUT2D eigenvalue weighted by Crippen LogP contribution is -2.41. The van der Waals surface area contributed by atoms with Gasteiger partial charge in [-0.05, 0) is 66.1 Å². The molecule has 1 aromatic heterocycles. The smallest absolute Gasteiger partial charge is 0.261 e. The first kappa shape index (κ1) is 26.4. The number of pyridine rings is 1. The zero-order valence-corrected chi connectivity index (χ0v) is 22.2. The summed E-state index contributed by atoms with van der Waals surface area (Å²) in [6.45, 7) is 9.25. The molecular formula is C31H37N3O3. The van der Waals surface area contributed by atoms with Crippen molar-refractivity contribution < 1.29 is 14.3 Å². The number of carbonyl (C=O) groups is 2. The van der Waals surface area contributed by atoms with Gasteiger partial charge in [-0.3, -0.25) is 14.6 Å². The molecule has 6 heteroatoms. The molecule has 0 bridgehead atoms. The zero-order valence-electron chi connectivity index (χ0n) is 22.2. The molecule has 4 rings (SSSR count). The number of amides is 2. The third-order valence-corrected chi connectivity index (χ3v) is 6.77. The Kier molecular flexibility index (Phi) is 8.59. The minimum atomic E-state index is -0.616. The van der Waals surface area contributed by atoms with Crippen LogP contribution in [0.4, 0.5) is 0 Å². The van der Waals surface area contributed by atoms with Crippen molar-refractivity contribution in [3.8, 4) is 5.75 Å². The van der Waals surface area contributed by atoms with E-state index < -0.39 is 6.10 Å². The highest BCUT2D eigenvalue weighted by molar-refractivity contribution is 5.81. The van der Waals surface area contributed by atoms with Gasteiger partial charge in [0.1, 0.15) is 5.75 Å². The normalized spacial score (nSPS) is 15.7. The summed E-state index contributed by atoms with van der Waals surface area (Å²) in [6, 6.07) is 18.0. The summed E-state index contributed by atoms with van der Waals surface area (Å²) in [4.78, 5) is 32.3. The molecule has 2 heterocycles. The van der Waals surface area contributed by atoms with E-state index in [0.717, 1.165) is 23.1 Å². The minimum absolute atomic E-state index is 0.159. The summed E-state index contributed by atoms with van der Waals surface area (Å²) in [5.41, 5.74) is 5.48. The lowest BCUT2D eigenvalue weighted by Gasteiger charge is -2.38. The van der Waals surface area contributed by atoms with E-state index in [1.165, 1.54) is 11.1 Å². The molecule has 0 spiro atoms. The van der Waals surface area contributed by atoms with Crippen molar-refractivity contribution in [2.45, 2.75) is 65.6 Å². The Balaban J connectivity index is 1.58. The summed E-state index contributed by atoms with van der Waals surface area (Å²) >= 11 is 0. The van der Waals surface area contributed by atoms with Crippen molar-refractivity contribution in [2.75, 3.05) is 6.54 Å². The number of fused-ring (bicyclic) bond motifs is 1. The number of ether oxygens (including phenoxy) is 1. The highest BCUT2D eigenvalue weighted by Crippen LogP contribution is 2.38. The van der Waals surface area contributed by atoms with Gasteiger partial charge in [-0.2, -0.15) is 0 Å². The van der Waals surface area contributed by atoms with E-state index in [4.69, 9.17) is 4.74 Å². The summed E-state index contributed by atoms with van der Waals surface area (Å²) in [5.74, 6) is 0.932. The van der Waals surface area contributed by atoms with Crippen molar-refractivity contribution >= 4 is 11.8 Å². The van der Waals surface area contributed by atoms with Crippen molar-refractivity contribution in [3.05, 3.63) is 94.8 Å². The first-order valence-corrected chi connectivity index (χ1v) is 13.2. The molecule has 3 aromatic rings. The fourth-order valence-corrected chi connectivity index (χ4v) is 4.80. The van der Waals surface area contributed by atoms with Gasteiger partial charge in [-0.15, -0.1) is 0 Å². The van der Waals surface area contributed by atoms with Gasteiger partial charge in [-0.1, -0.05) is 62.7 Å². The fourth-order valence-electron chi connectivity index (χ4n) is 4.80. The molecule has 2 aromatic carbocycles. The van der Waals surface area contributed by atoms with E-state index in [0.29, 0.717) is 31.7 Å². The summed E-state index contributed by atoms with van der Waals surface area (Å²) < 4.78 is 6.21. The van der Waals surface area contributed by atoms with Crippen LogP contribution >= 0.6 is 0 Å². The van der Waals surface area contributed by atoms with Gasteiger partial charge in [0.25, 0.3) is 5.91 Å². The number of nitrogens with zero attached hydrogens (tertiary/aromatic N) is 2. The molecule has 0 fully saturated rings. The molecule has 194 valence electrons. The second-order valence-corrected chi connectivity index (χ2v) is 10.2. The molecule has 2 atom stereocenters. The van der Waals surface area contributed by atoms with Crippen LogP contribution in [0.25, 0.3) is 0 Å². The maximum atomic E-state index is 13.3. The maximum Gasteiger partial charge on any atom is 0.261 e. The molecule has 37 heavy (non-hydrogen) atoms. The maximum absolute atomic E-state index is 13.3. The third kappa shape index (κ3) is 6.56. The van der Waals surface area contributed by atoms with Crippen molar-refractivity contribution in [1.29, 1.82) is 0 Å². The zero-order chi connectivity index (χ0) is 26.4. The predicted molar refractivity (Wildman–Crippen MR) is 145 cm³/mol. The van der Waals surface area contributed by atoms with Crippen LogP contribution in [0.5, 0.6) is 5.75 Å². The van der Waals surface area contributed by atoms with E-state index in [2.05, 4.69) is 61.4 Å². The van der Waals surface area contributed by atoms with Crippen LogP contribution in [-0.2, 0) is 22.6 Å². The fraction of sp³-hybridized carbons (Fsp3) is 0.387. The van der Waals surface area contributed by atoms with Gasteiger partial charge in [0, 0.05) is 31.9 Å². The van der Waals surface area contributed by atoms with Gasteiger partial charge in [0.05, 0.1) is 6.04 Å². The molecule has 0 radical (unpaired) electrons. The van der Waals surface area contributed by atoms with Crippen molar-refractivity contribution in [3.63, 3.8) is 0 Å². The summed E-state index contributed by atoms with van der Waals surface area (Å²) in [5, 5.41) is 2.96. The molecule has 1 aliphatic heterocycles. The van der Waals surface area contributed by atoms with E-state index >= 15 is 0 Å². The largest absolute Gasteiger partial charge is 0.481 e. The molecule has 0 aliphatic carbocycles. The van der Waals surface area contributed by atoms with Gasteiger partial charge in [0.2, 0.25) is 5.91 Å². The number of hydrogen-bond acceptors (Lipinski definition) is 4. The Morgan fingerprint density at radius 1 is 1.14 bits per heavy atom. The highest BCUT2D eigenvalue weighted by Gasteiger charge is 2.33. The molecule has 6 nitrogen and oxygen atoms in total. The SMILES string of the molecule is CCC(Oc1ccc2c(c1)C(c1ccc(C)cc1)N(C(=O)CC(C)C)CC2)C(=O)NCc1cccnc1. The van der Waals surface area contributed by atoms with Gasteiger partial charge in [0.15, 0.2) is 6.10 Å². The Morgan fingerprint density at radius 2 is 1.92 bits per heavy atom. The van der Waals surface area contributed by atoms with Crippen LogP contribution < -0.4 is 10.1 Å². The lowest BCUT2D eigenvalue weighted by molar-refractivity contribution is -0.134. The third-order valence-electron chi connectivity index (χ3n) is 6.77.